The fourth-order valence-corrected chi connectivity index (χ4v) is 3.50. The molecule has 1 amide bonds. The third-order valence-corrected chi connectivity index (χ3v) is 5.14. The predicted octanol–water partition coefficient (Wildman–Crippen LogP) is 3.46. The van der Waals surface area contributed by atoms with Crippen molar-refractivity contribution in [1.82, 2.24) is 10.2 Å². The number of aryl methyl sites for hydroxylation is 1. The summed E-state index contributed by atoms with van der Waals surface area (Å²) in [6, 6.07) is 11.7. The molecule has 0 radical (unpaired) electrons. The minimum absolute atomic E-state index is 0.0609. The lowest BCUT2D eigenvalue weighted by Gasteiger charge is -2.26. The van der Waals surface area contributed by atoms with Gasteiger partial charge in [0.25, 0.3) is 0 Å². The first-order chi connectivity index (χ1) is 13.6. The van der Waals surface area contributed by atoms with Gasteiger partial charge in [0.2, 0.25) is 5.91 Å². The molecule has 0 aliphatic carbocycles. The number of rotatable bonds is 9. The Bertz CT molecular complexity index is 767. The molecule has 152 valence electrons. The van der Waals surface area contributed by atoms with E-state index in [9.17, 15) is 4.79 Å². The summed E-state index contributed by atoms with van der Waals surface area (Å²) in [5, 5.41) is 3.04. The SMILES string of the molecule is COc1cccc(COC(C)C(=O)NCC(c2ccc(C)o2)N2CCCC2)c1. The fourth-order valence-electron chi connectivity index (χ4n) is 3.50. The maximum Gasteiger partial charge on any atom is 0.248 e. The van der Waals surface area contributed by atoms with Crippen molar-refractivity contribution in [1.29, 1.82) is 0 Å². The van der Waals surface area contributed by atoms with Gasteiger partial charge < -0.3 is 19.2 Å². The molecule has 6 nitrogen and oxygen atoms in total. The second kappa shape index (κ2) is 9.75. The number of carbonyl (C=O) groups excluding carboxylic acids is 1. The van der Waals surface area contributed by atoms with E-state index >= 15 is 0 Å². The molecule has 1 N–H and O–H groups in total. The molecule has 1 aromatic heterocycles. The number of hydrogen-bond donors (Lipinski definition) is 1. The molecular formula is C22H30N2O4. The maximum atomic E-state index is 12.5. The summed E-state index contributed by atoms with van der Waals surface area (Å²) >= 11 is 0. The Balaban J connectivity index is 1.53. The van der Waals surface area contributed by atoms with Crippen molar-refractivity contribution >= 4 is 5.91 Å². The molecule has 0 spiro atoms. The molecule has 2 aromatic rings. The van der Waals surface area contributed by atoms with Crippen LogP contribution in [0.3, 0.4) is 0 Å². The van der Waals surface area contributed by atoms with Crippen molar-refractivity contribution < 1.29 is 18.7 Å². The molecule has 1 aliphatic rings. The van der Waals surface area contributed by atoms with E-state index < -0.39 is 6.10 Å². The van der Waals surface area contributed by atoms with Crippen LogP contribution in [0, 0.1) is 6.92 Å². The number of hydrogen-bond acceptors (Lipinski definition) is 5. The highest BCUT2D eigenvalue weighted by atomic mass is 16.5. The summed E-state index contributed by atoms with van der Waals surface area (Å²) in [5.41, 5.74) is 0.972. The quantitative estimate of drug-likeness (QED) is 0.715. The lowest BCUT2D eigenvalue weighted by molar-refractivity contribution is -0.132. The topological polar surface area (TPSA) is 63.9 Å². The van der Waals surface area contributed by atoms with Crippen LogP contribution in [0.1, 0.15) is 42.9 Å². The second-order valence-corrected chi connectivity index (χ2v) is 7.26. The van der Waals surface area contributed by atoms with Gasteiger partial charge in [0.15, 0.2) is 0 Å². The van der Waals surface area contributed by atoms with Crippen LogP contribution in [0.2, 0.25) is 0 Å². The number of likely N-dealkylation sites (tertiary alicyclic amines) is 1. The Morgan fingerprint density at radius 1 is 1.25 bits per heavy atom. The van der Waals surface area contributed by atoms with Crippen LogP contribution in [0.15, 0.2) is 40.8 Å². The van der Waals surface area contributed by atoms with Gasteiger partial charge in [-0.25, -0.2) is 0 Å². The van der Waals surface area contributed by atoms with Crippen molar-refractivity contribution in [2.45, 2.75) is 45.4 Å². The lowest BCUT2D eigenvalue weighted by atomic mass is 10.2. The van der Waals surface area contributed by atoms with Gasteiger partial charge in [-0.05, 0) is 69.6 Å². The van der Waals surface area contributed by atoms with Gasteiger partial charge in [-0.1, -0.05) is 12.1 Å². The summed E-state index contributed by atoms with van der Waals surface area (Å²) < 4.78 is 16.8. The predicted molar refractivity (Wildman–Crippen MR) is 107 cm³/mol. The second-order valence-electron chi connectivity index (χ2n) is 7.26. The molecule has 28 heavy (non-hydrogen) atoms. The van der Waals surface area contributed by atoms with Crippen LogP contribution in [-0.2, 0) is 16.1 Å². The smallest absolute Gasteiger partial charge is 0.248 e. The fraction of sp³-hybridized carbons (Fsp3) is 0.500. The monoisotopic (exact) mass is 386 g/mol. The van der Waals surface area contributed by atoms with Gasteiger partial charge in [0.1, 0.15) is 23.4 Å². The highest BCUT2D eigenvalue weighted by Gasteiger charge is 2.27. The molecule has 6 heteroatoms. The zero-order chi connectivity index (χ0) is 19.9. The summed E-state index contributed by atoms with van der Waals surface area (Å²) in [6.45, 7) is 6.65. The standard InChI is InChI=1S/C22H30N2O4/c1-16-9-10-21(28-16)20(24-11-4-5-12-24)14-23-22(25)17(2)27-15-18-7-6-8-19(13-18)26-3/h6-10,13,17,20H,4-5,11-12,14-15H2,1-3H3,(H,23,25). The first-order valence-electron chi connectivity index (χ1n) is 9.89. The highest BCUT2D eigenvalue weighted by molar-refractivity contribution is 5.80. The Morgan fingerprint density at radius 3 is 2.71 bits per heavy atom. The Hall–Kier alpha value is -2.31. The van der Waals surface area contributed by atoms with Crippen molar-refractivity contribution in [3.63, 3.8) is 0 Å². The normalized spacial score (nSPS) is 16.7. The van der Waals surface area contributed by atoms with Crippen molar-refractivity contribution in [3.8, 4) is 5.75 Å². The van der Waals surface area contributed by atoms with E-state index in [1.165, 1.54) is 12.8 Å². The number of nitrogens with one attached hydrogen (secondary N) is 1. The number of nitrogens with zero attached hydrogens (tertiary/aromatic N) is 1. The molecule has 2 heterocycles. The van der Waals surface area contributed by atoms with Crippen LogP contribution in [0.25, 0.3) is 0 Å². The molecule has 3 rings (SSSR count). The zero-order valence-electron chi connectivity index (χ0n) is 16.9. The average Bonchev–Trinajstić information content (AvgIpc) is 3.38. The molecule has 1 saturated heterocycles. The van der Waals surface area contributed by atoms with Crippen LogP contribution in [-0.4, -0.2) is 43.7 Å². The van der Waals surface area contributed by atoms with Crippen molar-refractivity contribution in [2.24, 2.45) is 0 Å². The van der Waals surface area contributed by atoms with Gasteiger partial charge in [-0.15, -0.1) is 0 Å². The van der Waals surface area contributed by atoms with Gasteiger partial charge in [-0.2, -0.15) is 0 Å². The van der Waals surface area contributed by atoms with Gasteiger partial charge in [-0.3, -0.25) is 9.69 Å². The van der Waals surface area contributed by atoms with Gasteiger partial charge >= 0.3 is 0 Å². The number of amides is 1. The van der Waals surface area contributed by atoms with E-state index in [2.05, 4.69) is 10.2 Å². The minimum atomic E-state index is -0.538. The van der Waals surface area contributed by atoms with E-state index in [4.69, 9.17) is 13.9 Å². The first kappa shape index (κ1) is 20.4. The number of carbonyl (C=O) groups is 1. The molecule has 0 saturated carbocycles. The van der Waals surface area contributed by atoms with Gasteiger partial charge in [0.05, 0.1) is 19.8 Å². The molecular weight excluding hydrogens is 356 g/mol. The third-order valence-electron chi connectivity index (χ3n) is 5.14. The third kappa shape index (κ3) is 5.36. The van der Waals surface area contributed by atoms with Crippen molar-refractivity contribution in [2.75, 3.05) is 26.7 Å². The summed E-state index contributed by atoms with van der Waals surface area (Å²) in [7, 11) is 1.63. The Morgan fingerprint density at radius 2 is 2.04 bits per heavy atom. The van der Waals surface area contributed by atoms with Crippen molar-refractivity contribution in [3.05, 3.63) is 53.5 Å². The van der Waals surface area contributed by atoms with Crippen LogP contribution in [0.5, 0.6) is 5.75 Å². The van der Waals surface area contributed by atoms with E-state index in [0.29, 0.717) is 13.2 Å². The summed E-state index contributed by atoms with van der Waals surface area (Å²) in [5.74, 6) is 2.46. The average molecular weight is 386 g/mol. The highest BCUT2D eigenvalue weighted by Crippen LogP contribution is 2.26. The number of benzene rings is 1. The number of furan rings is 1. The van der Waals surface area contributed by atoms with E-state index in [0.717, 1.165) is 35.9 Å². The van der Waals surface area contributed by atoms with E-state index in [1.807, 2.05) is 43.3 Å². The lowest BCUT2D eigenvalue weighted by Crippen LogP contribution is -2.40. The minimum Gasteiger partial charge on any atom is -0.497 e. The maximum absolute atomic E-state index is 12.5. The summed E-state index contributed by atoms with van der Waals surface area (Å²) in [6.07, 6.45) is 1.83. The van der Waals surface area contributed by atoms with E-state index in [1.54, 1.807) is 14.0 Å². The van der Waals surface area contributed by atoms with Crippen LogP contribution in [0.4, 0.5) is 0 Å². The Kier molecular flexibility index (Phi) is 7.12. The largest absolute Gasteiger partial charge is 0.497 e. The molecule has 0 bridgehead atoms. The molecule has 2 unspecified atom stereocenters. The zero-order valence-corrected chi connectivity index (χ0v) is 16.9. The Labute approximate surface area is 166 Å². The van der Waals surface area contributed by atoms with Gasteiger partial charge in [0, 0.05) is 6.54 Å². The summed E-state index contributed by atoms with van der Waals surface area (Å²) in [4.78, 5) is 14.9. The number of methoxy groups -OCH3 is 1. The van der Waals surface area contributed by atoms with E-state index in [-0.39, 0.29) is 11.9 Å². The van der Waals surface area contributed by atoms with Crippen LogP contribution < -0.4 is 10.1 Å². The molecule has 1 aromatic carbocycles. The molecule has 2 atom stereocenters. The first-order valence-corrected chi connectivity index (χ1v) is 9.89. The van der Waals surface area contributed by atoms with Crippen LogP contribution >= 0.6 is 0 Å². The number of ether oxygens (including phenoxy) is 2. The molecule has 1 fully saturated rings. The molecule has 1 aliphatic heterocycles.